The van der Waals surface area contributed by atoms with E-state index in [-0.39, 0.29) is 24.5 Å². The lowest BCUT2D eigenvalue weighted by molar-refractivity contribution is 0.294. The number of hydrogen-bond acceptors (Lipinski definition) is 7. The fraction of sp³-hybridized carbons (Fsp3) is 0.389. The van der Waals surface area contributed by atoms with Crippen molar-refractivity contribution < 1.29 is 14.6 Å². The van der Waals surface area contributed by atoms with Gasteiger partial charge in [0.25, 0.3) is 5.56 Å². The molecule has 0 spiro atoms. The Bertz CT molecular complexity index is 817. The summed E-state index contributed by atoms with van der Waals surface area (Å²) in [7, 11) is 1.58. The third kappa shape index (κ3) is 5.06. The molecule has 0 atom stereocenters. The van der Waals surface area contributed by atoms with Gasteiger partial charge in [-0.25, -0.2) is 10.4 Å². The maximum atomic E-state index is 12.0. The third-order valence-electron chi connectivity index (χ3n) is 3.62. The molecule has 1 aromatic heterocycles. The van der Waals surface area contributed by atoms with Gasteiger partial charge in [-0.15, -0.1) is 0 Å². The zero-order valence-corrected chi connectivity index (χ0v) is 15.2. The topological polar surface area (TPSA) is 109 Å². The van der Waals surface area contributed by atoms with Gasteiger partial charge in [-0.2, -0.15) is 5.10 Å². The number of hydrazone groups is 1. The number of anilines is 1. The van der Waals surface area contributed by atoms with Gasteiger partial charge in [-0.05, 0) is 37.1 Å². The van der Waals surface area contributed by atoms with Gasteiger partial charge in [0.15, 0.2) is 11.5 Å². The zero-order chi connectivity index (χ0) is 18.9. The molecule has 0 radical (unpaired) electrons. The van der Waals surface area contributed by atoms with E-state index >= 15 is 0 Å². The number of ether oxygens (including phenoxy) is 2. The minimum Gasteiger partial charge on any atom is -0.493 e. The van der Waals surface area contributed by atoms with Crippen molar-refractivity contribution in [2.45, 2.75) is 26.7 Å². The number of nitrogens with one attached hydrogen (secondary N) is 2. The van der Waals surface area contributed by atoms with Crippen LogP contribution in [0.3, 0.4) is 0 Å². The zero-order valence-electron chi connectivity index (χ0n) is 15.2. The summed E-state index contributed by atoms with van der Waals surface area (Å²) < 4.78 is 10.9. The molecule has 2 aromatic rings. The van der Waals surface area contributed by atoms with Gasteiger partial charge in [0.2, 0.25) is 5.95 Å². The molecule has 8 nitrogen and oxygen atoms in total. The smallest absolute Gasteiger partial charge is 0.255 e. The van der Waals surface area contributed by atoms with Crippen LogP contribution in [0.4, 0.5) is 5.95 Å². The van der Waals surface area contributed by atoms with Crippen molar-refractivity contribution in [2.24, 2.45) is 5.10 Å². The molecule has 0 saturated carbocycles. The van der Waals surface area contributed by atoms with E-state index in [1.807, 2.05) is 25.1 Å². The SMILES string of the molecule is CCCOc1ccc(/C=N\Nc2nc(C)c(CCO)c(=O)[nH]2)cc1OC. The van der Waals surface area contributed by atoms with Crippen LogP contribution in [0, 0.1) is 6.92 Å². The van der Waals surface area contributed by atoms with Crippen molar-refractivity contribution in [2.75, 3.05) is 25.7 Å². The molecule has 2 rings (SSSR count). The minimum absolute atomic E-state index is 0.101. The van der Waals surface area contributed by atoms with Crippen molar-refractivity contribution in [1.29, 1.82) is 0 Å². The summed E-state index contributed by atoms with van der Waals surface area (Å²) in [4.78, 5) is 18.8. The average Bonchev–Trinajstić information content (AvgIpc) is 2.63. The number of methoxy groups -OCH3 is 1. The van der Waals surface area contributed by atoms with E-state index in [2.05, 4.69) is 20.5 Å². The van der Waals surface area contributed by atoms with E-state index in [1.54, 1.807) is 20.2 Å². The standard InChI is InChI=1S/C18H24N4O4/c1-4-9-26-15-6-5-13(10-16(15)25-3)11-19-22-18-20-12(2)14(7-8-23)17(24)21-18/h5-6,10-11,23H,4,7-9H2,1-3H3,(H2,20,21,22,24)/b19-11-. The second-order valence-electron chi connectivity index (χ2n) is 5.58. The van der Waals surface area contributed by atoms with E-state index in [0.29, 0.717) is 29.4 Å². The number of H-pyrrole nitrogens is 1. The Labute approximate surface area is 151 Å². The Morgan fingerprint density at radius 1 is 1.38 bits per heavy atom. The quantitative estimate of drug-likeness (QED) is 0.465. The predicted molar refractivity (Wildman–Crippen MR) is 100 cm³/mol. The highest BCUT2D eigenvalue weighted by atomic mass is 16.5. The molecule has 140 valence electrons. The van der Waals surface area contributed by atoms with Gasteiger partial charge in [-0.1, -0.05) is 6.92 Å². The summed E-state index contributed by atoms with van der Waals surface area (Å²) in [5.74, 6) is 1.54. The number of aryl methyl sites for hydroxylation is 1. The van der Waals surface area contributed by atoms with Crippen molar-refractivity contribution in [3.8, 4) is 11.5 Å². The lowest BCUT2D eigenvalue weighted by Crippen LogP contribution is -2.19. The van der Waals surface area contributed by atoms with Gasteiger partial charge < -0.3 is 14.6 Å². The second kappa shape index (κ2) is 9.57. The minimum atomic E-state index is -0.289. The normalized spacial score (nSPS) is 10.9. The van der Waals surface area contributed by atoms with Gasteiger partial charge in [0.05, 0.1) is 25.6 Å². The van der Waals surface area contributed by atoms with Crippen molar-refractivity contribution in [3.63, 3.8) is 0 Å². The fourth-order valence-electron chi connectivity index (χ4n) is 2.33. The van der Waals surface area contributed by atoms with E-state index in [9.17, 15) is 4.79 Å². The maximum Gasteiger partial charge on any atom is 0.255 e. The third-order valence-corrected chi connectivity index (χ3v) is 3.62. The van der Waals surface area contributed by atoms with Crippen LogP contribution in [0.2, 0.25) is 0 Å². The van der Waals surface area contributed by atoms with Crippen molar-refractivity contribution >= 4 is 12.2 Å². The van der Waals surface area contributed by atoms with Crippen molar-refractivity contribution in [3.05, 3.63) is 45.4 Å². The first-order valence-corrected chi connectivity index (χ1v) is 8.39. The molecule has 1 heterocycles. The molecule has 8 heteroatoms. The molecule has 0 unspecified atom stereocenters. The lowest BCUT2D eigenvalue weighted by atomic mass is 10.2. The van der Waals surface area contributed by atoms with Crippen LogP contribution in [-0.2, 0) is 6.42 Å². The molecular weight excluding hydrogens is 336 g/mol. The van der Waals surface area contributed by atoms with E-state index in [0.717, 1.165) is 12.0 Å². The number of aliphatic hydroxyl groups is 1. The summed E-state index contributed by atoms with van der Waals surface area (Å²) in [6, 6.07) is 5.48. The Kier molecular flexibility index (Phi) is 7.16. The van der Waals surface area contributed by atoms with E-state index in [1.165, 1.54) is 0 Å². The fourth-order valence-corrected chi connectivity index (χ4v) is 2.33. The first-order valence-electron chi connectivity index (χ1n) is 8.39. The molecule has 0 aliphatic carbocycles. The molecule has 26 heavy (non-hydrogen) atoms. The molecule has 3 N–H and O–H groups in total. The molecule has 0 amide bonds. The number of aromatic nitrogens is 2. The number of aliphatic hydroxyl groups excluding tert-OH is 1. The lowest BCUT2D eigenvalue weighted by Gasteiger charge is -2.10. The number of rotatable bonds is 9. The number of benzene rings is 1. The van der Waals surface area contributed by atoms with Crippen molar-refractivity contribution in [1.82, 2.24) is 9.97 Å². The molecule has 0 aliphatic heterocycles. The first-order chi connectivity index (χ1) is 12.6. The van der Waals surface area contributed by atoms with Crippen LogP contribution in [-0.4, -0.2) is 41.6 Å². The summed E-state index contributed by atoms with van der Waals surface area (Å²) >= 11 is 0. The van der Waals surface area contributed by atoms with Crippen LogP contribution < -0.4 is 20.5 Å². The van der Waals surface area contributed by atoms with Crippen LogP contribution in [0.5, 0.6) is 11.5 Å². The summed E-state index contributed by atoms with van der Waals surface area (Å²) in [5.41, 5.74) is 4.23. The van der Waals surface area contributed by atoms with Crippen LogP contribution in [0.15, 0.2) is 28.1 Å². The summed E-state index contributed by atoms with van der Waals surface area (Å²) in [5, 5.41) is 13.1. The maximum absolute atomic E-state index is 12.0. The van der Waals surface area contributed by atoms with E-state index < -0.39 is 0 Å². The van der Waals surface area contributed by atoms with Crippen LogP contribution >= 0.6 is 0 Å². The van der Waals surface area contributed by atoms with Gasteiger partial charge in [-0.3, -0.25) is 9.78 Å². The van der Waals surface area contributed by atoms with Gasteiger partial charge in [0.1, 0.15) is 0 Å². The molecular formula is C18H24N4O4. The molecule has 0 fully saturated rings. The summed E-state index contributed by atoms with van der Waals surface area (Å²) in [6.45, 7) is 4.27. The molecule has 0 aliphatic rings. The molecule has 0 saturated heterocycles. The molecule has 1 aromatic carbocycles. The molecule has 0 bridgehead atoms. The Balaban J connectivity index is 2.09. The second-order valence-corrected chi connectivity index (χ2v) is 5.58. The average molecular weight is 360 g/mol. The largest absolute Gasteiger partial charge is 0.493 e. The number of nitrogens with zero attached hydrogens (tertiary/aromatic N) is 2. The highest BCUT2D eigenvalue weighted by molar-refractivity contribution is 5.81. The highest BCUT2D eigenvalue weighted by Gasteiger charge is 2.07. The number of hydrogen-bond donors (Lipinski definition) is 3. The summed E-state index contributed by atoms with van der Waals surface area (Å²) in [6.07, 6.45) is 2.77. The highest BCUT2D eigenvalue weighted by Crippen LogP contribution is 2.27. The predicted octanol–water partition coefficient (Wildman–Crippen LogP) is 1.86. The monoisotopic (exact) mass is 360 g/mol. The van der Waals surface area contributed by atoms with Crippen LogP contribution in [0.25, 0.3) is 0 Å². The van der Waals surface area contributed by atoms with Gasteiger partial charge >= 0.3 is 0 Å². The number of aromatic amines is 1. The Morgan fingerprint density at radius 3 is 2.85 bits per heavy atom. The Morgan fingerprint density at radius 2 is 2.19 bits per heavy atom. The van der Waals surface area contributed by atoms with E-state index in [4.69, 9.17) is 14.6 Å². The van der Waals surface area contributed by atoms with Crippen LogP contribution in [0.1, 0.15) is 30.2 Å². The van der Waals surface area contributed by atoms with Gasteiger partial charge in [0, 0.05) is 18.6 Å². The Hall–Kier alpha value is -2.87. The first kappa shape index (κ1) is 19.5.